The summed E-state index contributed by atoms with van der Waals surface area (Å²) in [7, 11) is -3.07. The Kier molecular flexibility index (Phi) is 4.72. The quantitative estimate of drug-likeness (QED) is 0.809. The SMILES string of the molecule is CCS(=O)(=O)CCC(=O)C1(N)CCCC(C)C1. The summed E-state index contributed by atoms with van der Waals surface area (Å²) in [6.45, 7) is 3.69. The number of nitrogens with two attached hydrogens (primary N) is 1. The van der Waals surface area contributed by atoms with Gasteiger partial charge < -0.3 is 5.73 Å². The minimum atomic E-state index is -3.07. The van der Waals surface area contributed by atoms with Crippen molar-refractivity contribution in [1.29, 1.82) is 0 Å². The number of Topliss-reactive ketones (excluding diaryl/α,β-unsaturated/α-hetero) is 1. The molecule has 4 nitrogen and oxygen atoms in total. The van der Waals surface area contributed by atoms with Crippen LogP contribution in [-0.4, -0.2) is 31.2 Å². The second-order valence-electron chi connectivity index (χ2n) is 5.27. The Morgan fingerprint density at radius 3 is 2.65 bits per heavy atom. The van der Waals surface area contributed by atoms with E-state index in [9.17, 15) is 13.2 Å². The lowest BCUT2D eigenvalue weighted by Gasteiger charge is -2.35. The first-order valence-electron chi connectivity index (χ1n) is 6.32. The van der Waals surface area contributed by atoms with E-state index < -0.39 is 15.4 Å². The zero-order chi connectivity index (χ0) is 13.1. The summed E-state index contributed by atoms with van der Waals surface area (Å²) in [4.78, 5) is 12.0. The molecule has 2 N–H and O–H groups in total. The van der Waals surface area contributed by atoms with Crippen LogP contribution in [0.15, 0.2) is 0 Å². The smallest absolute Gasteiger partial charge is 0.153 e. The first-order chi connectivity index (χ1) is 7.79. The Morgan fingerprint density at radius 1 is 1.47 bits per heavy atom. The van der Waals surface area contributed by atoms with Gasteiger partial charge in [-0.05, 0) is 18.8 Å². The zero-order valence-electron chi connectivity index (χ0n) is 10.7. The van der Waals surface area contributed by atoms with Gasteiger partial charge in [-0.2, -0.15) is 0 Å². The molecule has 1 aliphatic carbocycles. The van der Waals surface area contributed by atoms with E-state index in [1.165, 1.54) is 0 Å². The number of hydrogen-bond donors (Lipinski definition) is 1. The van der Waals surface area contributed by atoms with E-state index >= 15 is 0 Å². The number of rotatable bonds is 5. The predicted octanol–water partition coefficient (Wildman–Crippen LogP) is 1.29. The molecule has 0 saturated heterocycles. The van der Waals surface area contributed by atoms with E-state index in [2.05, 4.69) is 6.92 Å². The maximum atomic E-state index is 12.0. The van der Waals surface area contributed by atoms with Gasteiger partial charge in [-0.1, -0.05) is 26.7 Å². The molecule has 5 heteroatoms. The minimum Gasteiger partial charge on any atom is -0.319 e. The monoisotopic (exact) mass is 261 g/mol. The van der Waals surface area contributed by atoms with E-state index in [1.807, 2.05) is 0 Å². The van der Waals surface area contributed by atoms with Gasteiger partial charge in [0.05, 0.1) is 11.3 Å². The fourth-order valence-electron chi connectivity index (χ4n) is 2.49. The van der Waals surface area contributed by atoms with Crippen molar-refractivity contribution in [2.75, 3.05) is 11.5 Å². The highest BCUT2D eigenvalue weighted by Crippen LogP contribution is 2.31. The lowest BCUT2D eigenvalue weighted by atomic mass is 9.74. The van der Waals surface area contributed by atoms with Crippen LogP contribution in [0.5, 0.6) is 0 Å². The van der Waals surface area contributed by atoms with Crippen molar-refractivity contribution >= 4 is 15.6 Å². The second-order valence-corrected chi connectivity index (χ2v) is 7.74. The van der Waals surface area contributed by atoms with Gasteiger partial charge in [-0.25, -0.2) is 8.42 Å². The zero-order valence-corrected chi connectivity index (χ0v) is 11.6. The maximum Gasteiger partial charge on any atom is 0.153 e. The third-order valence-electron chi connectivity index (χ3n) is 3.67. The van der Waals surface area contributed by atoms with Crippen LogP contribution in [0, 0.1) is 5.92 Å². The fraction of sp³-hybridized carbons (Fsp3) is 0.917. The van der Waals surface area contributed by atoms with Crippen molar-refractivity contribution in [3.63, 3.8) is 0 Å². The van der Waals surface area contributed by atoms with E-state index in [4.69, 9.17) is 5.73 Å². The Morgan fingerprint density at radius 2 is 2.12 bits per heavy atom. The standard InChI is InChI=1S/C12H23NO3S/c1-3-17(15,16)8-6-11(14)12(13)7-4-5-10(2)9-12/h10H,3-9,13H2,1-2H3. The minimum absolute atomic E-state index is 0.0599. The number of carbonyl (C=O) groups excluding carboxylic acids is 1. The van der Waals surface area contributed by atoms with Crippen LogP contribution in [-0.2, 0) is 14.6 Å². The molecule has 1 rings (SSSR count). The maximum absolute atomic E-state index is 12.0. The molecule has 0 amide bonds. The molecule has 0 heterocycles. The van der Waals surface area contributed by atoms with Crippen molar-refractivity contribution in [2.45, 2.75) is 51.5 Å². The summed E-state index contributed by atoms with van der Waals surface area (Å²) in [6.07, 6.45) is 3.53. The summed E-state index contributed by atoms with van der Waals surface area (Å²) >= 11 is 0. The third kappa shape index (κ3) is 4.07. The molecule has 1 aliphatic rings. The second kappa shape index (κ2) is 5.48. The van der Waals surface area contributed by atoms with E-state index in [0.29, 0.717) is 18.8 Å². The Balaban J connectivity index is 2.57. The van der Waals surface area contributed by atoms with Crippen LogP contribution in [0.3, 0.4) is 0 Å². The molecule has 0 aliphatic heterocycles. The summed E-state index contributed by atoms with van der Waals surface area (Å²) in [6, 6.07) is 0. The molecule has 2 unspecified atom stereocenters. The fourth-order valence-corrected chi connectivity index (χ4v) is 3.27. The van der Waals surface area contributed by atoms with Crippen LogP contribution >= 0.6 is 0 Å². The summed E-state index contributed by atoms with van der Waals surface area (Å²) < 4.78 is 22.7. The Labute approximate surface area is 104 Å². The number of sulfone groups is 1. The molecule has 0 bridgehead atoms. The lowest BCUT2D eigenvalue weighted by molar-refractivity contribution is -0.125. The van der Waals surface area contributed by atoms with Crippen LogP contribution in [0.2, 0.25) is 0 Å². The van der Waals surface area contributed by atoms with Crippen LogP contribution in [0.4, 0.5) is 0 Å². The molecule has 0 radical (unpaired) electrons. The van der Waals surface area contributed by atoms with Gasteiger partial charge in [-0.15, -0.1) is 0 Å². The van der Waals surface area contributed by atoms with E-state index in [-0.39, 0.29) is 23.7 Å². The molecule has 0 spiro atoms. The van der Waals surface area contributed by atoms with E-state index in [0.717, 1.165) is 12.8 Å². The van der Waals surface area contributed by atoms with E-state index in [1.54, 1.807) is 6.92 Å². The molecular weight excluding hydrogens is 238 g/mol. The van der Waals surface area contributed by atoms with Gasteiger partial charge >= 0.3 is 0 Å². The van der Waals surface area contributed by atoms with Gasteiger partial charge in [0.25, 0.3) is 0 Å². The molecule has 0 aromatic heterocycles. The third-order valence-corrected chi connectivity index (χ3v) is 5.37. The van der Waals surface area contributed by atoms with Crippen LogP contribution in [0.1, 0.15) is 46.0 Å². The Hall–Kier alpha value is -0.420. The normalized spacial score (nSPS) is 30.2. The first-order valence-corrected chi connectivity index (χ1v) is 8.14. The molecular formula is C12H23NO3S. The molecule has 17 heavy (non-hydrogen) atoms. The summed E-state index contributed by atoms with van der Waals surface area (Å²) in [5.41, 5.74) is 5.34. The average Bonchev–Trinajstić information content (AvgIpc) is 2.25. The van der Waals surface area contributed by atoms with Crippen LogP contribution < -0.4 is 5.73 Å². The van der Waals surface area contributed by atoms with Crippen molar-refractivity contribution in [3.05, 3.63) is 0 Å². The van der Waals surface area contributed by atoms with Crippen molar-refractivity contribution < 1.29 is 13.2 Å². The number of carbonyl (C=O) groups is 1. The van der Waals surface area contributed by atoms with Gasteiger partial charge in [0, 0.05) is 12.2 Å². The molecule has 100 valence electrons. The van der Waals surface area contributed by atoms with Gasteiger partial charge in [0.15, 0.2) is 5.78 Å². The average molecular weight is 261 g/mol. The van der Waals surface area contributed by atoms with Gasteiger partial charge in [-0.3, -0.25) is 4.79 Å². The highest BCUT2D eigenvalue weighted by atomic mass is 32.2. The number of hydrogen-bond acceptors (Lipinski definition) is 4. The van der Waals surface area contributed by atoms with Crippen molar-refractivity contribution in [2.24, 2.45) is 11.7 Å². The molecule has 0 aromatic carbocycles. The topological polar surface area (TPSA) is 77.2 Å². The summed E-state index contributed by atoms with van der Waals surface area (Å²) in [5, 5.41) is 0. The van der Waals surface area contributed by atoms with Crippen molar-refractivity contribution in [3.8, 4) is 0 Å². The highest BCUT2D eigenvalue weighted by molar-refractivity contribution is 7.91. The lowest BCUT2D eigenvalue weighted by Crippen LogP contribution is -2.51. The molecule has 0 aromatic rings. The number of ketones is 1. The summed E-state index contributed by atoms with van der Waals surface area (Å²) in [5.74, 6) is 0.408. The van der Waals surface area contributed by atoms with Crippen molar-refractivity contribution in [1.82, 2.24) is 0 Å². The van der Waals surface area contributed by atoms with Gasteiger partial charge in [0.2, 0.25) is 0 Å². The largest absolute Gasteiger partial charge is 0.319 e. The first kappa shape index (κ1) is 14.6. The Bertz CT molecular complexity index is 377. The molecule has 1 saturated carbocycles. The highest BCUT2D eigenvalue weighted by Gasteiger charge is 2.37. The molecule has 1 fully saturated rings. The van der Waals surface area contributed by atoms with Gasteiger partial charge in [0.1, 0.15) is 9.84 Å². The van der Waals surface area contributed by atoms with Crippen LogP contribution in [0.25, 0.3) is 0 Å². The predicted molar refractivity (Wildman–Crippen MR) is 68.5 cm³/mol. The molecule has 2 atom stereocenters.